The molecule has 0 spiro atoms. The van der Waals surface area contributed by atoms with Gasteiger partial charge in [-0.3, -0.25) is 9.59 Å². The van der Waals surface area contributed by atoms with Crippen molar-refractivity contribution in [2.45, 2.75) is 63.3 Å². The Balaban J connectivity index is 1.45. The first-order valence-corrected chi connectivity index (χ1v) is 15.1. The maximum absolute atomic E-state index is 14.5. The number of amides is 2. The first kappa shape index (κ1) is 33.7. The van der Waals surface area contributed by atoms with Crippen molar-refractivity contribution in [2.75, 3.05) is 25.5 Å². The van der Waals surface area contributed by atoms with Crippen LogP contribution in [-0.4, -0.2) is 69.6 Å². The van der Waals surface area contributed by atoms with Gasteiger partial charge in [0.2, 0.25) is 5.91 Å². The van der Waals surface area contributed by atoms with Crippen LogP contribution in [0.2, 0.25) is 0 Å². The lowest BCUT2D eigenvalue weighted by Gasteiger charge is -2.38. The number of nitrogens with two attached hydrogens (primary N) is 1. The molecule has 9 nitrogen and oxygen atoms in total. The van der Waals surface area contributed by atoms with Crippen LogP contribution in [0.4, 0.5) is 23.2 Å². The highest BCUT2D eigenvalue weighted by molar-refractivity contribution is 5.98. The molecule has 2 heterocycles. The summed E-state index contributed by atoms with van der Waals surface area (Å²) in [5.41, 5.74) is 3.55. The number of carbonyl (C=O) groups is 2. The number of primary amides is 1. The highest BCUT2D eigenvalue weighted by atomic mass is 19.4. The fourth-order valence-corrected chi connectivity index (χ4v) is 6.40. The number of nitrogens with zero attached hydrogens (tertiary/aromatic N) is 3. The second-order valence-corrected chi connectivity index (χ2v) is 12.7. The molecule has 1 aromatic heterocycles. The average molecular weight is 656 g/mol. The number of nitrogens with one attached hydrogen (secondary N) is 1. The van der Waals surface area contributed by atoms with E-state index in [9.17, 15) is 32.3 Å². The Morgan fingerprint density at radius 3 is 2.55 bits per heavy atom. The number of aliphatic hydroxyl groups is 1. The van der Waals surface area contributed by atoms with Crippen molar-refractivity contribution in [1.82, 2.24) is 14.7 Å². The molecule has 1 aliphatic rings. The standard InChI is InChI=1S/C34H37F4N5O4/c1-20-13-26(40-19-33(46,34(36,37)38)18-32(2,3)25-16-22(35)10-11-29(25)47-4)24-17-41-43(28(24)14-20)23-8-5-7-21(15-23)31(45)42-12-6-9-27(42)30(39)44/h5,7-8,10-11,13-17,27,40,46H,6,9,12,18-19H2,1-4H3,(H2,39,44)/t27-,33+/m1/s1. The molecule has 0 aliphatic carbocycles. The fourth-order valence-electron chi connectivity index (χ4n) is 6.40. The fraction of sp³-hybridized carbons (Fsp3) is 0.382. The van der Waals surface area contributed by atoms with Gasteiger partial charge in [-0.05, 0) is 85.7 Å². The highest BCUT2D eigenvalue weighted by Crippen LogP contribution is 2.44. The number of methoxy groups -OCH3 is 1. The zero-order chi connectivity index (χ0) is 34.3. The monoisotopic (exact) mass is 655 g/mol. The number of alkyl halides is 3. The minimum Gasteiger partial charge on any atom is -0.496 e. The van der Waals surface area contributed by atoms with Crippen molar-refractivity contribution < 1.29 is 37.0 Å². The van der Waals surface area contributed by atoms with E-state index in [1.807, 2.05) is 0 Å². The Hall–Kier alpha value is -4.65. The van der Waals surface area contributed by atoms with E-state index in [1.165, 1.54) is 38.1 Å². The van der Waals surface area contributed by atoms with Crippen LogP contribution in [-0.2, 0) is 10.2 Å². The summed E-state index contributed by atoms with van der Waals surface area (Å²) in [6.45, 7) is 4.27. The third-order valence-corrected chi connectivity index (χ3v) is 8.74. The predicted molar refractivity (Wildman–Crippen MR) is 169 cm³/mol. The number of likely N-dealkylation sites (tertiary alicyclic amines) is 1. The number of benzene rings is 3. The van der Waals surface area contributed by atoms with E-state index in [0.717, 1.165) is 12.1 Å². The normalized spacial score (nSPS) is 16.7. The summed E-state index contributed by atoms with van der Waals surface area (Å²) in [5.74, 6) is -1.33. The smallest absolute Gasteiger partial charge is 0.418 e. The molecule has 0 bridgehead atoms. The molecule has 5 rings (SSSR count). The summed E-state index contributed by atoms with van der Waals surface area (Å²) in [4.78, 5) is 26.6. The van der Waals surface area contributed by atoms with Crippen LogP contribution >= 0.6 is 0 Å². The summed E-state index contributed by atoms with van der Waals surface area (Å²) in [7, 11) is 1.34. The molecule has 1 fully saturated rings. The molecular formula is C34H37F4N5O4. The van der Waals surface area contributed by atoms with Crippen LogP contribution in [0.3, 0.4) is 0 Å². The van der Waals surface area contributed by atoms with Gasteiger partial charge in [-0.1, -0.05) is 19.9 Å². The van der Waals surface area contributed by atoms with Gasteiger partial charge >= 0.3 is 6.18 Å². The maximum Gasteiger partial charge on any atom is 0.418 e. The minimum atomic E-state index is -5.04. The predicted octanol–water partition coefficient (Wildman–Crippen LogP) is 5.64. The van der Waals surface area contributed by atoms with Crippen LogP contribution in [0.15, 0.2) is 60.8 Å². The molecule has 1 aliphatic heterocycles. The van der Waals surface area contributed by atoms with Crippen molar-refractivity contribution in [1.29, 1.82) is 0 Å². The molecule has 2 atom stereocenters. The van der Waals surface area contributed by atoms with E-state index >= 15 is 0 Å². The van der Waals surface area contributed by atoms with Gasteiger partial charge in [0.05, 0.1) is 31.1 Å². The second-order valence-electron chi connectivity index (χ2n) is 12.7. The summed E-state index contributed by atoms with van der Waals surface area (Å²) in [5, 5.41) is 18.9. The third-order valence-electron chi connectivity index (χ3n) is 8.74. The van der Waals surface area contributed by atoms with Gasteiger partial charge in [-0.2, -0.15) is 18.3 Å². The first-order chi connectivity index (χ1) is 22.0. The molecule has 4 aromatic rings. The number of anilines is 1. The number of hydrogen-bond donors (Lipinski definition) is 3. The van der Waals surface area contributed by atoms with E-state index in [-0.39, 0.29) is 17.2 Å². The Bertz CT molecular complexity index is 1820. The lowest BCUT2D eigenvalue weighted by atomic mass is 9.74. The summed E-state index contributed by atoms with van der Waals surface area (Å²) < 4.78 is 64.6. The number of aryl methyl sites for hydroxylation is 1. The van der Waals surface area contributed by atoms with E-state index in [0.29, 0.717) is 52.8 Å². The number of hydrogen-bond acceptors (Lipinski definition) is 6. The zero-order valence-corrected chi connectivity index (χ0v) is 26.5. The van der Waals surface area contributed by atoms with Crippen LogP contribution in [0.25, 0.3) is 16.6 Å². The lowest BCUT2D eigenvalue weighted by Crippen LogP contribution is -2.53. The molecule has 13 heteroatoms. The summed E-state index contributed by atoms with van der Waals surface area (Å²) in [6, 6.07) is 13.1. The molecule has 0 saturated carbocycles. The molecule has 1 saturated heterocycles. The number of fused-ring (bicyclic) bond motifs is 1. The summed E-state index contributed by atoms with van der Waals surface area (Å²) in [6.07, 6.45) is -3.18. The number of rotatable bonds is 10. The van der Waals surface area contributed by atoms with Crippen molar-refractivity contribution in [3.63, 3.8) is 0 Å². The Kier molecular flexibility index (Phi) is 8.97. The number of ether oxygens (including phenoxy) is 1. The minimum absolute atomic E-state index is 0.192. The van der Waals surface area contributed by atoms with Gasteiger partial charge < -0.3 is 25.8 Å². The van der Waals surface area contributed by atoms with Gasteiger partial charge in [-0.25, -0.2) is 9.07 Å². The van der Waals surface area contributed by atoms with Gasteiger partial charge in [-0.15, -0.1) is 0 Å². The molecule has 2 amide bonds. The van der Waals surface area contributed by atoms with Crippen LogP contribution in [0.1, 0.15) is 54.6 Å². The Morgan fingerprint density at radius 1 is 1.13 bits per heavy atom. The maximum atomic E-state index is 14.5. The molecule has 3 aromatic carbocycles. The van der Waals surface area contributed by atoms with Gasteiger partial charge in [0.1, 0.15) is 17.6 Å². The lowest BCUT2D eigenvalue weighted by molar-refractivity contribution is -0.260. The van der Waals surface area contributed by atoms with Crippen molar-refractivity contribution >= 4 is 28.4 Å². The zero-order valence-electron chi connectivity index (χ0n) is 26.5. The third kappa shape index (κ3) is 6.62. The highest BCUT2D eigenvalue weighted by Gasteiger charge is 2.56. The topological polar surface area (TPSA) is 123 Å². The van der Waals surface area contributed by atoms with Crippen LogP contribution in [0.5, 0.6) is 5.75 Å². The van der Waals surface area contributed by atoms with Gasteiger partial charge in [0, 0.05) is 28.7 Å². The molecule has 0 radical (unpaired) electrons. The molecule has 4 N–H and O–H groups in total. The first-order valence-electron chi connectivity index (χ1n) is 15.1. The number of halogens is 4. The largest absolute Gasteiger partial charge is 0.496 e. The quantitative estimate of drug-likeness (QED) is 0.190. The second kappa shape index (κ2) is 12.5. The van der Waals surface area contributed by atoms with Crippen molar-refractivity contribution in [3.8, 4) is 11.4 Å². The van der Waals surface area contributed by atoms with Crippen LogP contribution < -0.4 is 15.8 Å². The average Bonchev–Trinajstić information content (AvgIpc) is 3.67. The Morgan fingerprint density at radius 2 is 1.87 bits per heavy atom. The molecule has 250 valence electrons. The van der Waals surface area contributed by atoms with Gasteiger partial charge in [0.25, 0.3) is 5.91 Å². The van der Waals surface area contributed by atoms with Crippen LogP contribution in [0, 0.1) is 12.7 Å². The van der Waals surface area contributed by atoms with E-state index < -0.39 is 47.9 Å². The van der Waals surface area contributed by atoms with Crippen molar-refractivity contribution in [3.05, 3.63) is 83.3 Å². The molecule has 47 heavy (non-hydrogen) atoms. The summed E-state index contributed by atoms with van der Waals surface area (Å²) >= 11 is 0. The Labute approximate surface area is 269 Å². The number of carbonyl (C=O) groups excluding carboxylic acids is 2. The van der Waals surface area contributed by atoms with E-state index in [1.54, 1.807) is 48.0 Å². The molecular weight excluding hydrogens is 618 g/mol. The van der Waals surface area contributed by atoms with Crippen molar-refractivity contribution in [2.24, 2.45) is 5.73 Å². The van der Waals surface area contributed by atoms with E-state index in [4.69, 9.17) is 10.5 Å². The van der Waals surface area contributed by atoms with E-state index in [2.05, 4.69) is 10.4 Å². The van der Waals surface area contributed by atoms with Gasteiger partial charge in [0.15, 0.2) is 5.60 Å². The SMILES string of the molecule is COc1ccc(F)cc1C(C)(C)C[C@](O)(CNc1cc(C)cc2c1cnn2-c1cccc(C(=O)N2CCC[C@@H]2C(N)=O)c1)C(F)(F)F. The molecule has 0 unspecified atom stereocenters. The number of aromatic nitrogens is 2.